The summed E-state index contributed by atoms with van der Waals surface area (Å²) in [6.45, 7) is 5.22. The van der Waals surface area contributed by atoms with Gasteiger partial charge in [0.1, 0.15) is 0 Å². The Kier molecular flexibility index (Phi) is 5.50. The number of nitrogens with zero attached hydrogens (tertiary/aromatic N) is 5. The second-order valence-electron chi connectivity index (χ2n) is 6.80. The van der Waals surface area contributed by atoms with Crippen molar-refractivity contribution in [3.63, 3.8) is 0 Å². The monoisotopic (exact) mass is 336 g/mol. The van der Waals surface area contributed by atoms with E-state index in [2.05, 4.69) is 34.4 Å². The van der Waals surface area contributed by atoms with E-state index in [4.69, 9.17) is 4.74 Å². The Balaban J connectivity index is 1.69. The molecule has 8 nitrogen and oxygen atoms in total. The van der Waals surface area contributed by atoms with Gasteiger partial charge in [-0.1, -0.05) is 0 Å². The van der Waals surface area contributed by atoms with Crippen molar-refractivity contribution < 1.29 is 9.53 Å². The number of carbonyl (C=O) groups is 1. The smallest absolute Gasteiger partial charge is 0.288 e. The molecular weight excluding hydrogens is 308 g/mol. The molecule has 1 aromatic rings. The third-order valence-electron chi connectivity index (χ3n) is 4.73. The van der Waals surface area contributed by atoms with Crippen LogP contribution in [0.3, 0.4) is 0 Å². The third kappa shape index (κ3) is 3.94. The van der Waals surface area contributed by atoms with Gasteiger partial charge in [0.05, 0.1) is 19.8 Å². The minimum absolute atomic E-state index is 0.0699. The van der Waals surface area contributed by atoms with Crippen molar-refractivity contribution in [1.82, 2.24) is 30.0 Å². The number of aryl methyl sites for hydroxylation is 1. The molecule has 0 aromatic carbocycles. The normalized spacial score (nSPS) is 23.0. The van der Waals surface area contributed by atoms with E-state index < -0.39 is 0 Å². The highest BCUT2D eigenvalue weighted by atomic mass is 16.5. The van der Waals surface area contributed by atoms with Gasteiger partial charge < -0.3 is 9.64 Å². The van der Waals surface area contributed by atoms with Crippen molar-refractivity contribution in [2.45, 2.75) is 19.0 Å². The number of carbonyl (C=O) groups excluding carboxylic acids is 1. The molecule has 1 unspecified atom stereocenters. The number of hydrazine groups is 1. The van der Waals surface area contributed by atoms with Gasteiger partial charge in [0.15, 0.2) is 5.69 Å². The highest BCUT2D eigenvalue weighted by Crippen LogP contribution is 2.18. The molecule has 1 atom stereocenters. The first-order chi connectivity index (χ1) is 11.5. The maximum Gasteiger partial charge on any atom is 0.288 e. The van der Waals surface area contributed by atoms with Crippen molar-refractivity contribution in [1.29, 1.82) is 0 Å². The van der Waals surface area contributed by atoms with Crippen molar-refractivity contribution in [2.24, 2.45) is 7.05 Å². The summed E-state index contributed by atoms with van der Waals surface area (Å²) >= 11 is 0. The lowest BCUT2D eigenvalue weighted by molar-refractivity contribution is 0.0651. The topological polar surface area (TPSA) is 65.9 Å². The molecule has 2 fully saturated rings. The van der Waals surface area contributed by atoms with Crippen LogP contribution in [-0.4, -0.2) is 90.0 Å². The predicted molar refractivity (Wildman–Crippen MR) is 90.4 cm³/mol. The lowest BCUT2D eigenvalue weighted by Crippen LogP contribution is -2.44. The summed E-state index contributed by atoms with van der Waals surface area (Å²) in [5, 5.41) is 6.05. The Morgan fingerprint density at radius 2 is 2.25 bits per heavy atom. The maximum atomic E-state index is 12.8. The zero-order chi connectivity index (χ0) is 17.1. The van der Waals surface area contributed by atoms with E-state index in [9.17, 15) is 4.79 Å². The molecule has 1 amide bonds. The van der Waals surface area contributed by atoms with Crippen molar-refractivity contribution in [2.75, 3.05) is 53.5 Å². The van der Waals surface area contributed by atoms with Crippen LogP contribution in [0, 0.1) is 0 Å². The minimum Gasteiger partial charge on any atom is -0.378 e. The minimum atomic E-state index is -0.0699. The molecule has 2 aliphatic rings. The first kappa shape index (κ1) is 17.3. The molecule has 24 heavy (non-hydrogen) atoms. The molecule has 0 aliphatic carbocycles. The van der Waals surface area contributed by atoms with Crippen LogP contribution in [-0.2, 0) is 18.3 Å². The van der Waals surface area contributed by atoms with Gasteiger partial charge in [-0.3, -0.25) is 19.4 Å². The quantitative estimate of drug-likeness (QED) is 0.802. The van der Waals surface area contributed by atoms with E-state index in [1.54, 1.807) is 9.69 Å². The molecule has 0 spiro atoms. The number of likely N-dealkylation sites (N-methyl/N-ethyl adjacent to an activating group) is 1. The van der Waals surface area contributed by atoms with Gasteiger partial charge in [-0.2, -0.15) is 5.10 Å². The zero-order valence-electron chi connectivity index (χ0n) is 14.9. The van der Waals surface area contributed by atoms with Crippen LogP contribution < -0.4 is 5.43 Å². The molecule has 0 saturated carbocycles. The number of aromatic nitrogens is 2. The second-order valence-corrected chi connectivity index (χ2v) is 6.80. The van der Waals surface area contributed by atoms with Crippen LogP contribution in [0.5, 0.6) is 0 Å². The van der Waals surface area contributed by atoms with Gasteiger partial charge in [0, 0.05) is 51.0 Å². The fourth-order valence-corrected chi connectivity index (χ4v) is 3.34. The Morgan fingerprint density at radius 1 is 1.42 bits per heavy atom. The van der Waals surface area contributed by atoms with Crippen LogP contribution in [0.1, 0.15) is 22.5 Å². The zero-order valence-corrected chi connectivity index (χ0v) is 14.9. The number of hydrogen-bond donors (Lipinski definition) is 1. The molecule has 0 radical (unpaired) electrons. The second kappa shape index (κ2) is 7.60. The Bertz CT molecular complexity index is 565. The number of ether oxygens (including phenoxy) is 1. The van der Waals surface area contributed by atoms with Crippen LogP contribution in [0.2, 0.25) is 0 Å². The van der Waals surface area contributed by atoms with Crippen LogP contribution in [0.4, 0.5) is 0 Å². The van der Waals surface area contributed by atoms with E-state index in [0.29, 0.717) is 38.0 Å². The number of amides is 1. The number of hydrogen-bond acceptors (Lipinski definition) is 6. The Labute approximate surface area is 143 Å². The SMILES string of the molecule is CN(C)C1CCN(Cc2cn(C)nc2C(=O)N2CCOCCN2)C1. The molecule has 1 aromatic heterocycles. The molecule has 3 rings (SSSR count). The maximum absolute atomic E-state index is 12.8. The highest BCUT2D eigenvalue weighted by Gasteiger charge is 2.28. The first-order valence-electron chi connectivity index (χ1n) is 8.59. The van der Waals surface area contributed by atoms with E-state index >= 15 is 0 Å². The highest BCUT2D eigenvalue weighted by molar-refractivity contribution is 5.93. The Hall–Kier alpha value is -1.48. The first-order valence-corrected chi connectivity index (χ1v) is 8.59. The van der Waals surface area contributed by atoms with E-state index in [1.807, 2.05) is 13.2 Å². The van der Waals surface area contributed by atoms with E-state index in [0.717, 1.165) is 25.2 Å². The average Bonchev–Trinajstić information content (AvgIpc) is 3.05. The summed E-state index contributed by atoms with van der Waals surface area (Å²) in [5.41, 5.74) is 4.66. The summed E-state index contributed by atoms with van der Waals surface area (Å²) in [4.78, 5) is 17.5. The number of nitrogens with one attached hydrogen (secondary N) is 1. The third-order valence-corrected chi connectivity index (χ3v) is 4.73. The largest absolute Gasteiger partial charge is 0.378 e. The van der Waals surface area contributed by atoms with Gasteiger partial charge in [-0.25, -0.2) is 5.43 Å². The van der Waals surface area contributed by atoms with Gasteiger partial charge in [-0.15, -0.1) is 0 Å². The fourth-order valence-electron chi connectivity index (χ4n) is 3.34. The standard InChI is InChI=1S/C16H28N6O2/c1-19(2)14-4-6-21(12-14)11-13-10-20(3)18-15(13)16(23)22-7-9-24-8-5-17-22/h10,14,17H,4-9,11-12H2,1-3H3. The number of rotatable bonds is 4. The molecule has 3 heterocycles. The molecule has 8 heteroatoms. The summed E-state index contributed by atoms with van der Waals surface area (Å²) in [6, 6.07) is 0.588. The van der Waals surface area contributed by atoms with Crippen LogP contribution in [0.25, 0.3) is 0 Å². The summed E-state index contributed by atoms with van der Waals surface area (Å²) in [6.07, 6.45) is 3.13. The average molecular weight is 336 g/mol. The molecule has 2 saturated heterocycles. The molecule has 0 bridgehead atoms. The van der Waals surface area contributed by atoms with Gasteiger partial charge in [0.2, 0.25) is 0 Å². The molecule has 1 N–H and O–H groups in total. The molecule has 134 valence electrons. The van der Waals surface area contributed by atoms with Crippen molar-refractivity contribution in [3.05, 3.63) is 17.5 Å². The Morgan fingerprint density at radius 3 is 3.00 bits per heavy atom. The fraction of sp³-hybridized carbons (Fsp3) is 0.750. The molecular formula is C16H28N6O2. The lowest BCUT2D eigenvalue weighted by Gasteiger charge is -2.21. The van der Waals surface area contributed by atoms with Gasteiger partial charge >= 0.3 is 0 Å². The summed E-state index contributed by atoms with van der Waals surface area (Å²) in [7, 11) is 6.12. The van der Waals surface area contributed by atoms with Crippen molar-refractivity contribution >= 4 is 5.91 Å². The number of likely N-dealkylation sites (tertiary alicyclic amines) is 1. The predicted octanol–water partition coefficient (Wildman–Crippen LogP) is -0.467. The lowest BCUT2D eigenvalue weighted by atomic mass is 10.2. The van der Waals surface area contributed by atoms with E-state index in [1.165, 1.54) is 6.42 Å². The van der Waals surface area contributed by atoms with Gasteiger partial charge in [0.25, 0.3) is 5.91 Å². The van der Waals surface area contributed by atoms with Crippen molar-refractivity contribution in [3.8, 4) is 0 Å². The van der Waals surface area contributed by atoms with Crippen LogP contribution >= 0.6 is 0 Å². The summed E-state index contributed by atoms with van der Waals surface area (Å²) < 4.78 is 7.13. The van der Waals surface area contributed by atoms with Crippen LogP contribution in [0.15, 0.2) is 6.20 Å². The van der Waals surface area contributed by atoms with Gasteiger partial charge in [-0.05, 0) is 20.5 Å². The van der Waals surface area contributed by atoms with E-state index in [-0.39, 0.29) is 5.91 Å². The summed E-state index contributed by atoms with van der Waals surface area (Å²) in [5.74, 6) is -0.0699. The molecule has 2 aliphatic heterocycles.